The van der Waals surface area contributed by atoms with Gasteiger partial charge in [0.05, 0.1) is 14.2 Å². The van der Waals surface area contributed by atoms with E-state index in [-0.39, 0.29) is 0 Å². The van der Waals surface area contributed by atoms with E-state index in [4.69, 9.17) is 0 Å². The van der Waals surface area contributed by atoms with Crippen molar-refractivity contribution in [1.82, 2.24) is 4.90 Å². The summed E-state index contributed by atoms with van der Waals surface area (Å²) >= 11 is 0. The van der Waals surface area contributed by atoms with Crippen molar-refractivity contribution in [3.8, 4) is 0 Å². The Kier molecular flexibility index (Phi) is 10.2. The zero-order valence-corrected chi connectivity index (χ0v) is 12.6. The summed E-state index contributed by atoms with van der Waals surface area (Å²) in [5.74, 6) is -1.81. The molecule has 0 aromatic carbocycles. The van der Waals surface area contributed by atoms with Crippen LogP contribution in [0.3, 0.4) is 0 Å². The monoisotopic (exact) mass is 273 g/mol. The zero-order valence-electron chi connectivity index (χ0n) is 12.6. The predicted octanol–water partition coefficient (Wildman–Crippen LogP) is 1.85. The smallest absolute Gasteiger partial charge is 0.320 e. The van der Waals surface area contributed by atoms with Gasteiger partial charge < -0.3 is 14.4 Å². The maximum absolute atomic E-state index is 11.5. The van der Waals surface area contributed by atoms with Gasteiger partial charge in [0.1, 0.15) is 0 Å². The summed E-state index contributed by atoms with van der Waals surface area (Å²) in [7, 11) is 2.58. The predicted molar refractivity (Wildman–Crippen MR) is 73.8 cm³/mol. The van der Waals surface area contributed by atoms with Gasteiger partial charge in [0.15, 0.2) is 5.92 Å². The van der Waals surface area contributed by atoms with E-state index < -0.39 is 17.9 Å². The fraction of sp³-hybridized carbons (Fsp3) is 0.857. The number of hydrogen-bond acceptors (Lipinski definition) is 5. The lowest BCUT2D eigenvalue weighted by Gasteiger charge is -2.21. The number of rotatable bonds is 10. The van der Waals surface area contributed by atoms with Crippen LogP contribution in [0.1, 0.15) is 39.5 Å². The van der Waals surface area contributed by atoms with E-state index in [9.17, 15) is 9.59 Å². The minimum atomic E-state index is -0.792. The fourth-order valence-corrected chi connectivity index (χ4v) is 2.10. The molecule has 0 aliphatic rings. The van der Waals surface area contributed by atoms with Gasteiger partial charge in [-0.1, -0.05) is 13.8 Å². The quantitative estimate of drug-likeness (QED) is 0.449. The number of esters is 2. The molecule has 19 heavy (non-hydrogen) atoms. The third kappa shape index (κ3) is 7.15. The lowest BCUT2D eigenvalue weighted by atomic mass is 10.0. The SMILES string of the molecule is CCCN(CCC)CCCC(C(=O)OC)C(=O)OC. The molecule has 5 heteroatoms. The second-order valence-corrected chi connectivity index (χ2v) is 4.58. The summed E-state index contributed by atoms with van der Waals surface area (Å²) in [5, 5.41) is 0. The summed E-state index contributed by atoms with van der Waals surface area (Å²) < 4.78 is 9.27. The summed E-state index contributed by atoms with van der Waals surface area (Å²) in [6.45, 7) is 7.29. The largest absolute Gasteiger partial charge is 0.468 e. The van der Waals surface area contributed by atoms with Crippen LogP contribution in [0.5, 0.6) is 0 Å². The van der Waals surface area contributed by atoms with Crippen LogP contribution in [-0.4, -0.2) is 50.7 Å². The summed E-state index contributed by atoms with van der Waals surface area (Å²) in [6.07, 6.45) is 3.48. The first kappa shape index (κ1) is 17.9. The highest BCUT2D eigenvalue weighted by atomic mass is 16.5. The highest BCUT2D eigenvalue weighted by Gasteiger charge is 2.28. The standard InChI is InChI=1S/C14H27NO4/c1-5-9-15(10-6-2)11-7-8-12(13(16)18-3)14(17)19-4/h12H,5-11H2,1-4H3. The van der Waals surface area contributed by atoms with Gasteiger partial charge in [-0.25, -0.2) is 0 Å². The third-order valence-electron chi connectivity index (χ3n) is 3.02. The van der Waals surface area contributed by atoms with Crippen molar-refractivity contribution in [2.24, 2.45) is 5.92 Å². The fourth-order valence-electron chi connectivity index (χ4n) is 2.10. The number of methoxy groups -OCH3 is 2. The van der Waals surface area contributed by atoms with Gasteiger partial charge in [0, 0.05) is 0 Å². The summed E-state index contributed by atoms with van der Waals surface area (Å²) in [5.41, 5.74) is 0. The van der Waals surface area contributed by atoms with Gasteiger partial charge in [0.25, 0.3) is 0 Å². The Hall–Kier alpha value is -1.10. The number of carbonyl (C=O) groups excluding carboxylic acids is 2. The second-order valence-electron chi connectivity index (χ2n) is 4.58. The van der Waals surface area contributed by atoms with Gasteiger partial charge in [-0.15, -0.1) is 0 Å². The van der Waals surface area contributed by atoms with E-state index in [0.29, 0.717) is 6.42 Å². The number of hydrogen-bond donors (Lipinski definition) is 0. The first-order chi connectivity index (χ1) is 9.10. The highest BCUT2D eigenvalue weighted by Crippen LogP contribution is 2.12. The van der Waals surface area contributed by atoms with Crippen molar-refractivity contribution in [3.05, 3.63) is 0 Å². The molecule has 0 spiro atoms. The maximum Gasteiger partial charge on any atom is 0.320 e. The van der Waals surface area contributed by atoms with Crippen LogP contribution in [0.4, 0.5) is 0 Å². The number of carbonyl (C=O) groups is 2. The molecule has 0 unspecified atom stereocenters. The van der Waals surface area contributed by atoms with Gasteiger partial charge >= 0.3 is 11.9 Å². The van der Waals surface area contributed by atoms with E-state index in [2.05, 4.69) is 28.2 Å². The van der Waals surface area contributed by atoms with Crippen LogP contribution in [0, 0.1) is 5.92 Å². The molecule has 0 fully saturated rings. The first-order valence-corrected chi connectivity index (χ1v) is 6.98. The molecule has 0 aromatic heterocycles. The van der Waals surface area contributed by atoms with E-state index in [1.54, 1.807) is 0 Å². The van der Waals surface area contributed by atoms with Crippen molar-refractivity contribution in [3.63, 3.8) is 0 Å². The normalized spacial score (nSPS) is 10.8. The Labute approximate surface area is 116 Å². The van der Waals surface area contributed by atoms with Gasteiger partial charge in [-0.05, 0) is 45.3 Å². The molecule has 5 nitrogen and oxygen atoms in total. The maximum atomic E-state index is 11.5. The Morgan fingerprint density at radius 2 is 1.42 bits per heavy atom. The summed E-state index contributed by atoms with van der Waals surface area (Å²) in [4.78, 5) is 25.4. The molecule has 0 aliphatic carbocycles. The lowest BCUT2D eigenvalue weighted by molar-refractivity contribution is -0.159. The van der Waals surface area contributed by atoms with Crippen LogP contribution < -0.4 is 0 Å². The van der Waals surface area contributed by atoms with E-state index in [0.717, 1.165) is 38.9 Å². The van der Waals surface area contributed by atoms with Crippen molar-refractivity contribution in [1.29, 1.82) is 0 Å². The molecule has 0 radical (unpaired) electrons. The topological polar surface area (TPSA) is 55.8 Å². The molecule has 0 rings (SSSR count). The molecular formula is C14H27NO4. The van der Waals surface area contributed by atoms with Crippen LogP contribution in [0.15, 0.2) is 0 Å². The minimum Gasteiger partial charge on any atom is -0.468 e. The molecule has 0 saturated carbocycles. The lowest BCUT2D eigenvalue weighted by Crippen LogP contribution is -2.30. The molecule has 0 aromatic rings. The van der Waals surface area contributed by atoms with E-state index in [1.807, 2.05) is 0 Å². The molecule has 0 bridgehead atoms. The second kappa shape index (κ2) is 10.8. The van der Waals surface area contributed by atoms with Gasteiger partial charge in [-0.3, -0.25) is 9.59 Å². The average molecular weight is 273 g/mol. The Morgan fingerprint density at radius 1 is 0.947 bits per heavy atom. The Balaban J connectivity index is 4.23. The average Bonchev–Trinajstić information content (AvgIpc) is 2.42. The van der Waals surface area contributed by atoms with Crippen molar-refractivity contribution < 1.29 is 19.1 Å². The van der Waals surface area contributed by atoms with Gasteiger partial charge in [-0.2, -0.15) is 0 Å². The molecule has 112 valence electrons. The molecule has 0 amide bonds. The molecule has 0 saturated heterocycles. The van der Waals surface area contributed by atoms with Crippen molar-refractivity contribution in [2.75, 3.05) is 33.9 Å². The van der Waals surface area contributed by atoms with Crippen molar-refractivity contribution >= 4 is 11.9 Å². The first-order valence-electron chi connectivity index (χ1n) is 6.98. The third-order valence-corrected chi connectivity index (χ3v) is 3.02. The van der Waals surface area contributed by atoms with Crippen LogP contribution in [-0.2, 0) is 19.1 Å². The van der Waals surface area contributed by atoms with Crippen LogP contribution in [0.25, 0.3) is 0 Å². The molecule has 0 N–H and O–H groups in total. The molecule has 0 aliphatic heterocycles. The van der Waals surface area contributed by atoms with E-state index >= 15 is 0 Å². The number of nitrogens with zero attached hydrogens (tertiary/aromatic N) is 1. The number of ether oxygens (including phenoxy) is 2. The van der Waals surface area contributed by atoms with Crippen molar-refractivity contribution in [2.45, 2.75) is 39.5 Å². The Morgan fingerprint density at radius 3 is 1.79 bits per heavy atom. The van der Waals surface area contributed by atoms with Gasteiger partial charge in [0.2, 0.25) is 0 Å². The van der Waals surface area contributed by atoms with E-state index in [1.165, 1.54) is 14.2 Å². The van der Waals surface area contributed by atoms with Crippen LogP contribution in [0.2, 0.25) is 0 Å². The highest BCUT2D eigenvalue weighted by molar-refractivity contribution is 5.94. The van der Waals surface area contributed by atoms with Crippen LogP contribution >= 0.6 is 0 Å². The molecule has 0 heterocycles. The molecular weight excluding hydrogens is 246 g/mol. The summed E-state index contributed by atoms with van der Waals surface area (Å²) in [6, 6.07) is 0. The Bertz CT molecular complexity index is 246. The minimum absolute atomic E-state index is 0.475. The zero-order chi connectivity index (χ0) is 14.7. The molecule has 0 atom stereocenters.